The average molecular weight is 356 g/mol. The van der Waals surface area contributed by atoms with Gasteiger partial charge in [-0.25, -0.2) is 0 Å². The highest BCUT2D eigenvalue weighted by molar-refractivity contribution is 6.78. The number of allylic oxidation sites excluding steroid dienone is 2. The molecule has 2 nitrogen and oxygen atoms in total. The van der Waals surface area contributed by atoms with Gasteiger partial charge in [-0.05, 0) is 59.7 Å². The largest absolute Gasteiger partial charge is 0.542 e. The van der Waals surface area contributed by atoms with E-state index < -0.39 is 8.32 Å². The lowest BCUT2D eigenvalue weighted by Gasteiger charge is -2.42. The molecule has 0 saturated heterocycles. The fraction of sp³-hybridized carbons (Fsp3) is 0.545. The highest BCUT2D eigenvalue weighted by atomic mass is 28.4. The summed E-state index contributed by atoms with van der Waals surface area (Å²) < 4.78 is 6.98. The van der Waals surface area contributed by atoms with Crippen LogP contribution < -0.4 is 4.43 Å². The molecule has 1 aliphatic carbocycles. The second-order valence-corrected chi connectivity index (χ2v) is 13.8. The van der Waals surface area contributed by atoms with Gasteiger partial charge in [-0.1, -0.05) is 53.7 Å². The lowest BCUT2D eigenvalue weighted by atomic mass is 10.1. The Morgan fingerprint density at radius 3 is 2.24 bits per heavy atom. The maximum Gasteiger partial charge on any atom is 0.258 e. The molecule has 1 N–H and O–H groups in total. The van der Waals surface area contributed by atoms with Crippen LogP contribution in [0.5, 0.6) is 5.75 Å². The zero-order chi connectivity index (χ0) is 18.2. The molecular formula is C22H33NOSi. The minimum absolute atomic E-state index is 0.582. The summed E-state index contributed by atoms with van der Waals surface area (Å²) in [6.07, 6.45) is 6.04. The van der Waals surface area contributed by atoms with E-state index in [9.17, 15) is 0 Å². The van der Waals surface area contributed by atoms with Gasteiger partial charge in [0.1, 0.15) is 5.75 Å². The smallest absolute Gasteiger partial charge is 0.258 e. The molecule has 0 radical (unpaired) electrons. The molecule has 136 valence electrons. The number of hydrogen-bond donors (Lipinski definition) is 1. The molecule has 3 rings (SSSR count). The number of aromatic amines is 1. The molecule has 0 saturated carbocycles. The molecule has 25 heavy (non-hydrogen) atoms. The van der Waals surface area contributed by atoms with Crippen molar-refractivity contribution >= 4 is 24.8 Å². The van der Waals surface area contributed by atoms with Crippen molar-refractivity contribution in [2.45, 2.75) is 77.4 Å². The van der Waals surface area contributed by atoms with Crippen LogP contribution in [0.2, 0.25) is 16.6 Å². The number of benzene rings is 1. The number of hydrogen-bond acceptors (Lipinski definition) is 1. The van der Waals surface area contributed by atoms with Crippen LogP contribution in [0.15, 0.2) is 30.3 Å². The van der Waals surface area contributed by atoms with E-state index in [-0.39, 0.29) is 0 Å². The first kappa shape index (κ1) is 18.3. The third-order valence-electron chi connectivity index (χ3n) is 6.00. The fourth-order valence-corrected chi connectivity index (χ4v) is 10.1. The van der Waals surface area contributed by atoms with Gasteiger partial charge < -0.3 is 9.41 Å². The van der Waals surface area contributed by atoms with E-state index >= 15 is 0 Å². The van der Waals surface area contributed by atoms with Crippen LogP contribution in [0, 0.1) is 0 Å². The molecule has 2 aromatic rings. The summed E-state index contributed by atoms with van der Waals surface area (Å²) in [7, 11) is -1.94. The van der Waals surface area contributed by atoms with Crippen molar-refractivity contribution in [1.82, 2.24) is 4.98 Å². The van der Waals surface area contributed by atoms with Gasteiger partial charge in [0.25, 0.3) is 8.32 Å². The van der Waals surface area contributed by atoms with E-state index in [4.69, 9.17) is 4.43 Å². The van der Waals surface area contributed by atoms with Gasteiger partial charge in [-0.2, -0.15) is 0 Å². The van der Waals surface area contributed by atoms with Crippen LogP contribution in [-0.4, -0.2) is 13.3 Å². The van der Waals surface area contributed by atoms with Gasteiger partial charge in [-0.15, -0.1) is 0 Å². The molecule has 0 bridgehead atoms. The molecule has 1 heterocycles. The van der Waals surface area contributed by atoms with Crippen molar-refractivity contribution in [1.29, 1.82) is 0 Å². The summed E-state index contributed by atoms with van der Waals surface area (Å²) in [5.41, 5.74) is 5.67. The standard InChI is InChI=1S/C22H33NOSi/c1-15(2)25(16(3)4,17(5)6)24-22-13-9-12-20-19(22)14-21(23-20)18-10-7-8-11-18/h9-10,12-17,23H,7-8,11H2,1-6H3. The molecule has 0 amide bonds. The Kier molecular flexibility index (Phi) is 5.15. The molecular weight excluding hydrogens is 322 g/mol. The number of aromatic nitrogens is 1. The van der Waals surface area contributed by atoms with Crippen LogP contribution in [0.25, 0.3) is 16.5 Å². The van der Waals surface area contributed by atoms with Crippen molar-refractivity contribution in [3.8, 4) is 5.75 Å². The monoisotopic (exact) mass is 355 g/mol. The van der Waals surface area contributed by atoms with Gasteiger partial charge in [-0.3, -0.25) is 0 Å². The molecule has 0 spiro atoms. The maximum absolute atomic E-state index is 6.98. The first-order valence-electron chi connectivity index (χ1n) is 9.86. The Morgan fingerprint density at radius 2 is 1.68 bits per heavy atom. The Bertz CT molecular complexity index is 748. The third-order valence-corrected chi connectivity index (χ3v) is 12.0. The lowest BCUT2D eigenvalue weighted by Crippen LogP contribution is -2.50. The normalized spacial score (nSPS) is 15.6. The molecule has 3 heteroatoms. The number of nitrogens with one attached hydrogen (secondary N) is 1. The van der Waals surface area contributed by atoms with E-state index in [0.717, 1.165) is 5.75 Å². The van der Waals surface area contributed by atoms with Crippen molar-refractivity contribution < 1.29 is 4.43 Å². The quantitative estimate of drug-likeness (QED) is 0.541. The molecule has 0 unspecified atom stereocenters. The van der Waals surface area contributed by atoms with Crippen molar-refractivity contribution in [2.75, 3.05) is 0 Å². The van der Waals surface area contributed by atoms with E-state index in [0.29, 0.717) is 16.6 Å². The van der Waals surface area contributed by atoms with Gasteiger partial charge in [0.2, 0.25) is 0 Å². The zero-order valence-electron chi connectivity index (χ0n) is 16.6. The van der Waals surface area contributed by atoms with E-state index in [1.54, 1.807) is 0 Å². The molecule has 0 atom stereocenters. The molecule has 0 fully saturated rings. The number of fused-ring (bicyclic) bond motifs is 1. The van der Waals surface area contributed by atoms with Crippen molar-refractivity contribution in [3.63, 3.8) is 0 Å². The van der Waals surface area contributed by atoms with Gasteiger partial charge in [0.05, 0.1) is 0 Å². The van der Waals surface area contributed by atoms with Crippen molar-refractivity contribution in [3.05, 3.63) is 36.0 Å². The predicted octanol–water partition coefficient (Wildman–Crippen LogP) is 7.29. The first-order chi connectivity index (χ1) is 11.9. The highest BCUT2D eigenvalue weighted by Gasteiger charge is 2.47. The summed E-state index contributed by atoms with van der Waals surface area (Å²) in [5, 5.41) is 1.24. The number of H-pyrrole nitrogens is 1. The summed E-state index contributed by atoms with van der Waals surface area (Å²) in [5.74, 6) is 1.07. The first-order valence-corrected chi connectivity index (χ1v) is 12.0. The van der Waals surface area contributed by atoms with E-state index in [1.165, 1.54) is 41.4 Å². The van der Waals surface area contributed by atoms with Crippen LogP contribution >= 0.6 is 0 Å². The van der Waals surface area contributed by atoms with Gasteiger partial charge in [0.15, 0.2) is 0 Å². The lowest BCUT2D eigenvalue weighted by molar-refractivity contribution is 0.484. The van der Waals surface area contributed by atoms with Crippen LogP contribution in [0.4, 0.5) is 0 Å². The summed E-state index contributed by atoms with van der Waals surface area (Å²) >= 11 is 0. The van der Waals surface area contributed by atoms with E-state index in [2.05, 4.69) is 76.9 Å². The van der Waals surface area contributed by atoms with Gasteiger partial charge >= 0.3 is 0 Å². The van der Waals surface area contributed by atoms with E-state index in [1.807, 2.05) is 0 Å². The highest BCUT2D eigenvalue weighted by Crippen LogP contribution is 2.44. The zero-order valence-corrected chi connectivity index (χ0v) is 17.6. The average Bonchev–Trinajstić information content (AvgIpc) is 3.20. The summed E-state index contributed by atoms with van der Waals surface area (Å²) in [4.78, 5) is 3.62. The second kappa shape index (κ2) is 7.03. The molecule has 1 aromatic carbocycles. The minimum atomic E-state index is -1.94. The van der Waals surface area contributed by atoms with Gasteiger partial charge in [0, 0.05) is 16.6 Å². The van der Waals surface area contributed by atoms with Crippen LogP contribution in [0.3, 0.4) is 0 Å². The number of rotatable bonds is 6. The fourth-order valence-electron chi connectivity index (χ4n) is 4.85. The summed E-state index contributed by atoms with van der Waals surface area (Å²) in [6.45, 7) is 14.1. The summed E-state index contributed by atoms with van der Waals surface area (Å²) in [6, 6.07) is 8.77. The Hall–Kier alpha value is -1.48. The Labute approximate surface area is 153 Å². The third kappa shape index (κ3) is 3.19. The molecule has 1 aromatic heterocycles. The van der Waals surface area contributed by atoms with Crippen molar-refractivity contribution in [2.24, 2.45) is 0 Å². The maximum atomic E-state index is 6.98. The predicted molar refractivity (Wildman–Crippen MR) is 112 cm³/mol. The topological polar surface area (TPSA) is 25.0 Å². The Morgan fingerprint density at radius 1 is 1.00 bits per heavy atom. The van der Waals surface area contributed by atoms with Crippen LogP contribution in [-0.2, 0) is 0 Å². The SMILES string of the molecule is CC(C)[Si](Oc1cccc2[nH]c(C3=CCCC3)cc12)(C(C)C)C(C)C. The molecule has 1 aliphatic rings. The second-order valence-electron chi connectivity index (χ2n) is 8.44. The Balaban J connectivity index is 2.05. The molecule has 0 aliphatic heterocycles. The van der Waals surface area contributed by atoms with Crippen LogP contribution in [0.1, 0.15) is 66.5 Å². The minimum Gasteiger partial charge on any atom is -0.542 e.